The molecule has 1 fully saturated rings. The lowest BCUT2D eigenvalue weighted by Gasteiger charge is -2.38. The van der Waals surface area contributed by atoms with Gasteiger partial charge < -0.3 is 9.84 Å². The first-order chi connectivity index (χ1) is 8.69. The molecule has 110 valence electrons. The van der Waals surface area contributed by atoms with Crippen LogP contribution in [0.15, 0.2) is 0 Å². The molecule has 1 aliphatic rings. The minimum atomic E-state index is -1.11. The predicted octanol–water partition coefficient (Wildman–Crippen LogP) is 3.03. The maximum atomic E-state index is 12.1. The Bertz CT molecular complexity index is 338. The molecule has 0 spiro atoms. The number of ether oxygens (including phenoxy) is 1. The molecule has 0 unspecified atom stereocenters. The average molecular weight is 271 g/mol. The third-order valence-corrected chi connectivity index (χ3v) is 3.64. The van der Waals surface area contributed by atoms with Crippen molar-refractivity contribution >= 4 is 12.1 Å². The van der Waals surface area contributed by atoms with Gasteiger partial charge in [0.25, 0.3) is 0 Å². The molecule has 1 saturated carbocycles. The molecular weight excluding hydrogens is 246 g/mol. The number of carbonyl (C=O) groups excluding carboxylic acids is 1. The SMILES string of the molecule is CN(C(=O)OC(C)(C)C)C1(C(=O)O)CCCCCC1. The number of rotatable bonds is 2. The predicted molar refractivity (Wildman–Crippen MR) is 72.1 cm³/mol. The van der Waals surface area contributed by atoms with E-state index in [-0.39, 0.29) is 0 Å². The van der Waals surface area contributed by atoms with E-state index in [0.717, 1.165) is 25.7 Å². The lowest BCUT2D eigenvalue weighted by atomic mass is 9.89. The molecule has 1 N–H and O–H groups in total. The summed E-state index contributed by atoms with van der Waals surface area (Å²) < 4.78 is 5.29. The highest BCUT2D eigenvalue weighted by Crippen LogP contribution is 2.33. The summed E-state index contributed by atoms with van der Waals surface area (Å²) in [4.78, 5) is 25.1. The number of hydrogen-bond donors (Lipinski definition) is 1. The van der Waals surface area contributed by atoms with Crippen LogP contribution in [0.1, 0.15) is 59.3 Å². The van der Waals surface area contributed by atoms with E-state index in [0.29, 0.717) is 12.8 Å². The van der Waals surface area contributed by atoms with Crippen molar-refractivity contribution in [3.8, 4) is 0 Å². The van der Waals surface area contributed by atoms with E-state index in [2.05, 4.69) is 0 Å². The van der Waals surface area contributed by atoms with Gasteiger partial charge in [0.15, 0.2) is 0 Å². The van der Waals surface area contributed by atoms with Crippen molar-refractivity contribution in [1.82, 2.24) is 4.90 Å². The number of carboxylic acids is 1. The van der Waals surface area contributed by atoms with Gasteiger partial charge in [-0.25, -0.2) is 9.59 Å². The van der Waals surface area contributed by atoms with Crippen LogP contribution in [0.3, 0.4) is 0 Å². The van der Waals surface area contributed by atoms with Crippen LogP contribution < -0.4 is 0 Å². The van der Waals surface area contributed by atoms with Crippen LogP contribution in [-0.4, -0.2) is 40.3 Å². The molecule has 1 aliphatic carbocycles. The minimum Gasteiger partial charge on any atom is -0.479 e. The summed E-state index contributed by atoms with van der Waals surface area (Å²) in [5.41, 5.74) is -1.73. The van der Waals surface area contributed by atoms with Crippen molar-refractivity contribution in [2.45, 2.75) is 70.4 Å². The molecule has 0 radical (unpaired) electrons. The van der Waals surface area contributed by atoms with Gasteiger partial charge in [-0.1, -0.05) is 25.7 Å². The van der Waals surface area contributed by atoms with E-state index in [9.17, 15) is 14.7 Å². The molecule has 1 amide bonds. The van der Waals surface area contributed by atoms with Crippen LogP contribution in [0, 0.1) is 0 Å². The minimum absolute atomic E-state index is 0.498. The van der Waals surface area contributed by atoms with Crippen LogP contribution in [-0.2, 0) is 9.53 Å². The van der Waals surface area contributed by atoms with Crippen LogP contribution in [0.5, 0.6) is 0 Å². The van der Waals surface area contributed by atoms with Crippen molar-refractivity contribution < 1.29 is 19.4 Å². The molecule has 0 aromatic carbocycles. The molecule has 0 aromatic heterocycles. The largest absolute Gasteiger partial charge is 0.479 e. The summed E-state index contributed by atoms with van der Waals surface area (Å²) in [6, 6.07) is 0. The van der Waals surface area contributed by atoms with Crippen molar-refractivity contribution in [3.63, 3.8) is 0 Å². The highest BCUT2D eigenvalue weighted by molar-refractivity contribution is 5.84. The Hall–Kier alpha value is -1.26. The fourth-order valence-corrected chi connectivity index (χ4v) is 2.51. The number of hydrogen-bond acceptors (Lipinski definition) is 3. The second kappa shape index (κ2) is 5.80. The van der Waals surface area contributed by atoms with E-state index in [1.54, 1.807) is 20.8 Å². The van der Waals surface area contributed by atoms with Gasteiger partial charge in [0, 0.05) is 7.05 Å². The normalized spacial score (nSPS) is 19.4. The van der Waals surface area contributed by atoms with Crippen LogP contribution in [0.2, 0.25) is 0 Å². The van der Waals surface area contributed by atoms with Crippen LogP contribution >= 0.6 is 0 Å². The first-order valence-corrected chi connectivity index (χ1v) is 6.89. The Morgan fingerprint density at radius 3 is 1.95 bits per heavy atom. The topological polar surface area (TPSA) is 66.8 Å². The Morgan fingerprint density at radius 1 is 1.11 bits per heavy atom. The first-order valence-electron chi connectivity index (χ1n) is 6.89. The molecule has 0 aliphatic heterocycles. The average Bonchev–Trinajstić information content (AvgIpc) is 2.51. The zero-order chi connectivity index (χ0) is 14.7. The van der Waals surface area contributed by atoms with E-state index in [1.165, 1.54) is 11.9 Å². The standard InChI is InChI=1S/C14H25NO4/c1-13(2,3)19-12(18)15(4)14(11(16)17)9-7-5-6-8-10-14/h5-10H2,1-4H3,(H,16,17). The van der Waals surface area contributed by atoms with Crippen molar-refractivity contribution in [2.24, 2.45) is 0 Å². The number of nitrogens with zero attached hydrogens (tertiary/aromatic N) is 1. The van der Waals surface area contributed by atoms with Gasteiger partial charge in [0.2, 0.25) is 0 Å². The molecule has 0 saturated heterocycles. The summed E-state index contributed by atoms with van der Waals surface area (Å²) in [6.45, 7) is 5.33. The molecule has 1 rings (SSSR count). The molecule has 19 heavy (non-hydrogen) atoms. The Kier molecular flexibility index (Phi) is 4.82. The van der Waals surface area contributed by atoms with Gasteiger partial charge >= 0.3 is 12.1 Å². The van der Waals surface area contributed by atoms with Crippen molar-refractivity contribution in [3.05, 3.63) is 0 Å². The summed E-state index contributed by atoms with van der Waals surface area (Å²) in [7, 11) is 1.54. The van der Waals surface area contributed by atoms with Gasteiger partial charge in [0.05, 0.1) is 0 Å². The highest BCUT2D eigenvalue weighted by Gasteiger charge is 2.45. The van der Waals surface area contributed by atoms with E-state index in [4.69, 9.17) is 4.74 Å². The van der Waals surface area contributed by atoms with Gasteiger partial charge in [-0.3, -0.25) is 4.90 Å². The number of carbonyl (C=O) groups is 2. The number of carboxylic acid groups (broad SMARTS) is 1. The molecule has 0 aromatic rings. The maximum absolute atomic E-state index is 12.1. The Labute approximate surface area is 114 Å². The van der Waals surface area contributed by atoms with Gasteiger partial charge in [0.1, 0.15) is 11.1 Å². The number of aliphatic carboxylic acids is 1. The second-order valence-corrected chi connectivity index (χ2v) is 6.29. The third kappa shape index (κ3) is 3.85. The molecule has 0 heterocycles. The summed E-state index contributed by atoms with van der Waals surface area (Å²) in [6.07, 6.45) is 4.15. The Morgan fingerprint density at radius 2 is 1.58 bits per heavy atom. The third-order valence-electron chi connectivity index (χ3n) is 3.64. The summed E-state index contributed by atoms with van der Waals surface area (Å²) in [5.74, 6) is -0.928. The zero-order valence-electron chi connectivity index (χ0n) is 12.4. The lowest BCUT2D eigenvalue weighted by Crippen LogP contribution is -2.56. The maximum Gasteiger partial charge on any atom is 0.410 e. The van der Waals surface area contributed by atoms with E-state index in [1.807, 2.05) is 0 Å². The highest BCUT2D eigenvalue weighted by atomic mass is 16.6. The summed E-state index contributed by atoms with van der Waals surface area (Å²) in [5, 5.41) is 9.58. The van der Waals surface area contributed by atoms with Crippen molar-refractivity contribution in [1.29, 1.82) is 0 Å². The molecule has 0 bridgehead atoms. The monoisotopic (exact) mass is 271 g/mol. The zero-order valence-corrected chi connectivity index (χ0v) is 12.4. The fraction of sp³-hybridized carbons (Fsp3) is 0.857. The van der Waals surface area contributed by atoms with Crippen molar-refractivity contribution in [2.75, 3.05) is 7.05 Å². The van der Waals surface area contributed by atoms with Gasteiger partial charge in [-0.2, -0.15) is 0 Å². The van der Waals surface area contributed by atoms with Gasteiger partial charge in [-0.05, 0) is 33.6 Å². The quantitative estimate of drug-likeness (QED) is 0.784. The van der Waals surface area contributed by atoms with Crippen LogP contribution in [0.25, 0.3) is 0 Å². The van der Waals surface area contributed by atoms with Gasteiger partial charge in [-0.15, -0.1) is 0 Å². The lowest BCUT2D eigenvalue weighted by molar-refractivity contribution is -0.151. The summed E-state index contributed by atoms with van der Waals surface area (Å²) >= 11 is 0. The molecule has 5 heteroatoms. The second-order valence-electron chi connectivity index (χ2n) is 6.29. The first kappa shape index (κ1) is 15.8. The molecule has 5 nitrogen and oxygen atoms in total. The molecular formula is C14H25NO4. The Balaban J connectivity index is 2.91. The number of amides is 1. The van der Waals surface area contributed by atoms with E-state index < -0.39 is 23.2 Å². The van der Waals surface area contributed by atoms with E-state index >= 15 is 0 Å². The number of likely N-dealkylation sites (N-methyl/N-ethyl adjacent to an activating group) is 1. The van der Waals surface area contributed by atoms with Crippen LogP contribution in [0.4, 0.5) is 4.79 Å². The molecule has 0 atom stereocenters. The smallest absolute Gasteiger partial charge is 0.410 e. The fourth-order valence-electron chi connectivity index (χ4n) is 2.51.